The van der Waals surface area contributed by atoms with Crippen LogP contribution in [0.2, 0.25) is 0 Å². The third-order valence-corrected chi connectivity index (χ3v) is 3.87. The molecule has 4 rings (SSSR count). The molecule has 2 aromatic carbocycles. The van der Waals surface area contributed by atoms with Crippen LogP contribution in [0.1, 0.15) is 6.93 Å². The zero-order chi connectivity index (χ0) is 17.9. The highest BCUT2D eigenvalue weighted by molar-refractivity contribution is 6.06. The molecule has 0 aliphatic heterocycles. The van der Waals surface area contributed by atoms with Crippen LogP contribution >= 0.6 is 0 Å². The number of nitrogens with zero attached hydrogens (tertiary/aromatic N) is 3. The molecule has 2 heterocycles. The van der Waals surface area contributed by atoms with Crippen molar-refractivity contribution < 1.29 is 18.9 Å². The molecule has 7 heteroatoms. The molecule has 0 N–H and O–H groups in total. The minimum Gasteiger partial charge on any atom is -0.306 e. The molecular formula is C17H11F4N3. The van der Waals surface area contributed by atoms with E-state index in [1.165, 1.54) is 24.3 Å². The van der Waals surface area contributed by atoms with E-state index in [1.807, 2.05) is 0 Å². The van der Waals surface area contributed by atoms with Gasteiger partial charge in [-0.2, -0.15) is 18.3 Å². The minimum atomic E-state index is -4.51. The van der Waals surface area contributed by atoms with E-state index in [4.69, 9.17) is 1.37 Å². The van der Waals surface area contributed by atoms with E-state index in [0.717, 1.165) is 12.1 Å². The second kappa shape index (κ2) is 4.83. The first kappa shape index (κ1) is 13.6. The first-order chi connectivity index (χ1) is 11.8. The summed E-state index contributed by atoms with van der Waals surface area (Å²) in [6, 6.07) is 6.82. The Bertz CT molecular complexity index is 1120. The topological polar surface area (TPSA) is 22.8 Å². The SMILES string of the molecule is [2H]c1cc(C(F)(F)F)ccc1-n1c2ccc(F)cc2c2nn(C)cc21. The van der Waals surface area contributed by atoms with Gasteiger partial charge in [0.1, 0.15) is 11.3 Å². The van der Waals surface area contributed by atoms with E-state index in [1.54, 1.807) is 22.5 Å². The molecule has 122 valence electrons. The maximum atomic E-state index is 13.6. The first-order valence-corrected chi connectivity index (χ1v) is 7.07. The molecule has 0 aliphatic carbocycles. The summed E-state index contributed by atoms with van der Waals surface area (Å²) in [4.78, 5) is 0. The van der Waals surface area contributed by atoms with Gasteiger partial charge in [0.25, 0.3) is 0 Å². The van der Waals surface area contributed by atoms with E-state index < -0.39 is 17.6 Å². The van der Waals surface area contributed by atoms with Crippen LogP contribution in [-0.2, 0) is 13.2 Å². The van der Waals surface area contributed by atoms with Crippen molar-refractivity contribution in [2.75, 3.05) is 0 Å². The van der Waals surface area contributed by atoms with Crippen molar-refractivity contribution in [1.82, 2.24) is 14.3 Å². The number of aryl methyl sites for hydroxylation is 1. The van der Waals surface area contributed by atoms with Crippen LogP contribution in [0, 0.1) is 5.82 Å². The third kappa shape index (κ3) is 2.16. The Balaban J connectivity index is 2.06. The van der Waals surface area contributed by atoms with Gasteiger partial charge in [-0.05, 0) is 42.4 Å². The molecule has 0 atom stereocenters. The highest BCUT2D eigenvalue weighted by Crippen LogP contribution is 2.33. The van der Waals surface area contributed by atoms with Crippen LogP contribution in [0.4, 0.5) is 17.6 Å². The van der Waals surface area contributed by atoms with Crippen LogP contribution in [0.5, 0.6) is 0 Å². The highest BCUT2D eigenvalue weighted by Gasteiger charge is 2.30. The minimum absolute atomic E-state index is 0.271. The number of rotatable bonds is 1. The van der Waals surface area contributed by atoms with Crippen molar-refractivity contribution in [3.8, 4) is 5.69 Å². The number of hydrogen-bond donors (Lipinski definition) is 0. The molecule has 4 aromatic rings. The number of benzene rings is 2. The molecule has 0 radical (unpaired) electrons. The van der Waals surface area contributed by atoms with Crippen molar-refractivity contribution in [2.24, 2.45) is 7.05 Å². The van der Waals surface area contributed by atoms with Gasteiger partial charge in [0, 0.05) is 24.3 Å². The van der Waals surface area contributed by atoms with Crippen LogP contribution in [0.25, 0.3) is 27.6 Å². The second-order valence-electron chi connectivity index (χ2n) is 5.49. The van der Waals surface area contributed by atoms with Gasteiger partial charge in [0.05, 0.1) is 18.0 Å². The molecule has 0 aliphatic rings. The Morgan fingerprint density at radius 2 is 1.88 bits per heavy atom. The molecule has 0 amide bonds. The summed E-state index contributed by atoms with van der Waals surface area (Å²) in [5.41, 5.74) is 1.08. The van der Waals surface area contributed by atoms with Crippen molar-refractivity contribution in [3.05, 3.63) is 60.0 Å². The Morgan fingerprint density at radius 1 is 1.08 bits per heavy atom. The molecule has 0 saturated heterocycles. The van der Waals surface area contributed by atoms with Crippen LogP contribution in [-0.4, -0.2) is 14.3 Å². The number of alkyl halides is 3. The predicted octanol–water partition coefficient (Wildman–Crippen LogP) is 4.68. The summed E-state index contributed by atoms with van der Waals surface area (Å²) in [6.45, 7) is 0. The van der Waals surface area contributed by atoms with Gasteiger partial charge in [-0.15, -0.1) is 0 Å². The van der Waals surface area contributed by atoms with Gasteiger partial charge >= 0.3 is 6.18 Å². The fourth-order valence-electron chi connectivity index (χ4n) is 2.85. The molecule has 0 fully saturated rings. The lowest BCUT2D eigenvalue weighted by Crippen LogP contribution is -2.05. The standard InChI is InChI=1S/C17H11F4N3/c1-23-9-15-16(22-23)13-8-11(18)4-7-14(13)24(15)12-5-2-10(3-6-12)17(19,20)21/h2-9H,1H3/i5D. The van der Waals surface area contributed by atoms with Crippen LogP contribution in [0.15, 0.2) is 48.6 Å². The summed E-state index contributed by atoms with van der Waals surface area (Å²) < 4.78 is 63.4. The predicted molar refractivity (Wildman–Crippen MR) is 82.5 cm³/mol. The smallest absolute Gasteiger partial charge is 0.306 e. The molecule has 2 aromatic heterocycles. The van der Waals surface area contributed by atoms with Crippen LogP contribution in [0.3, 0.4) is 0 Å². The lowest BCUT2D eigenvalue weighted by Gasteiger charge is -2.10. The Labute approximate surface area is 135 Å². The fraction of sp³-hybridized carbons (Fsp3) is 0.118. The summed E-state index contributed by atoms with van der Waals surface area (Å²) in [6.07, 6.45) is -2.83. The molecule has 0 bridgehead atoms. The van der Waals surface area contributed by atoms with E-state index in [2.05, 4.69) is 5.10 Å². The van der Waals surface area contributed by atoms with Gasteiger partial charge in [0.2, 0.25) is 0 Å². The number of hydrogen-bond acceptors (Lipinski definition) is 1. The number of halogens is 4. The second-order valence-corrected chi connectivity index (χ2v) is 5.49. The molecule has 24 heavy (non-hydrogen) atoms. The summed E-state index contributed by atoms with van der Waals surface area (Å²) >= 11 is 0. The normalized spacial score (nSPS) is 13.0. The van der Waals surface area contributed by atoms with E-state index in [9.17, 15) is 17.6 Å². The van der Waals surface area contributed by atoms with Crippen molar-refractivity contribution in [3.63, 3.8) is 0 Å². The average Bonchev–Trinajstić information content (AvgIpc) is 3.02. The average molecular weight is 334 g/mol. The van der Waals surface area contributed by atoms with Crippen LogP contribution < -0.4 is 0 Å². The Kier molecular flexibility index (Phi) is 2.74. The van der Waals surface area contributed by atoms with Crippen molar-refractivity contribution in [2.45, 2.75) is 6.18 Å². The van der Waals surface area contributed by atoms with Gasteiger partial charge in [0.15, 0.2) is 0 Å². The summed E-state index contributed by atoms with van der Waals surface area (Å²) in [5, 5.41) is 4.84. The molecule has 0 saturated carbocycles. The first-order valence-electron chi connectivity index (χ1n) is 7.57. The fourth-order valence-corrected chi connectivity index (χ4v) is 2.85. The van der Waals surface area contributed by atoms with Gasteiger partial charge in [-0.3, -0.25) is 4.68 Å². The lowest BCUT2D eigenvalue weighted by atomic mass is 10.2. The van der Waals surface area contributed by atoms with E-state index >= 15 is 0 Å². The molecule has 3 nitrogen and oxygen atoms in total. The van der Waals surface area contributed by atoms with Crippen molar-refractivity contribution >= 4 is 21.9 Å². The maximum Gasteiger partial charge on any atom is 0.416 e. The quantitative estimate of drug-likeness (QED) is 0.464. The zero-order valence-electron chi connectivity index (χ0n) is 13.4. The number of aromatic nitrogens is 3. The summed E-state index contributed by atoms with van der Waals surface area (Å²) in [7, 11) is 1.70. The summed E-state index contributed by atoms with van der Waals surface area (Å²) in [5.74, 6) is -0.435. The monoisotopic (exact) mass is 334 g/mol. The Morgan fingerprint density at radius 3 is 2.58 bits per heavy atom. The van der Waals surface area contributed by atoms with E-state index in [0.29, 0.717) is 21.9 Å². The lowest BCUT2D eigenvalue weighted by molar-refractivity contribution is -0.137. The molecule has 0 spiro atoms. The van der Waals surface area contributed by atoms with Gasteiger partial charge < -0.3 is 4.57 Å². The highest BCUT2D eigenvalue weighted by atomic mass is 19.4. The molecule has 0 unspecified atom stereocenters. The Hall–Kier alpha value is -2.83. The largest absolute Gasteiger partial charge is 0.416 e. The number of fused-ring (bicyclic) bond motifs is 3. The molecular weight excluding hydrogens is 322 g/mol. The van der Waals surface area contributed by atoms with Gasteiger partial charge in [-0.1, -0.05) is 0 Å². The zero-order valence-corrected chi connectivity index (χ0v) is 12.4. The van der Waals surface area contributed by atoms with E-state index in [-0.39, 0.29) is 11.7 Å². The third-order valence-electron chi connectivity index (χ3n) is 3.87. The van der Waals surface area contributed by atoms with Gasteiger partial charge in [-0.25, -0.2) is 4.39 Å². The maximum absolute atomic E-state index is 13.6. The van der Waals surface area contributed by atoms with Crippen molar-refractivity contribution in [1.29, 1.82) is 0 Å².